The molecule has 66 valence electrons. The Hall–Kier alpha value is -0.930. The van der Waals surface area contributed by atoms with E-state index in [0.717, 1.165) is 0 Å². The molecule has 0 spiro atoms. The topological polar surface area (TPSA) is 46.2 Å². The summed E-state index contributed by atoms with van der Waals surface area (Å²) in [6, 6.07) is 4.36. The minimum Gasteiger partial charge on any atom is -0.394 e. The van der Waals surface area contributed by atoms with Crippen molar-refractivity contribution in [1.29, 1.82) is 0 Å². The van der Waals surface area contributed by atoms with Crippen molar-refractivity contribution < 1.29 is 9.50 Å². The van der Waals surface area contributed by atoms with Crippen LogP contribution in [0.3, 0.4) is 0 Å². The highest BCUT2D eigenvalue weighted by Crippen LogP contribution is 2.17. The molecule has 1 rings (SSSR count). The van der Waals surface area contributed by atoms with E-state index < -0.39 is 6.04 Å². The number of rotatable bonds is 2. The molecule has 0 aliphatic rings. The SMILES string of the molecule is Cc1cccc([C@H](N)CO)c1F. The molecule has 12 heavy (non-hydrogen) atoms. The molecule has 2 nitrogen and oxygen atoms in total. The molecule has 0 aliphatic carbocycles. The van der Waals surface area contributed by atoms with E-state index >= 15 is 0 Å². The van der Waals surface area contributed by atoms with Gasteiger partial charge in [0.2, 0.25) is 0 Å². The zero-order valence-electron chi connectivity index (χ0n) is 6.92. The van der Waals surface area contributed by atoms with Gasteiger partial charge in [0.05, 0.1) is 12.6 Å². The molecule has 0 radical (unpaired) electrons. The quantitative estimate of drug-likeness (QED) is 0.697. The van der Waals surface area contributed by atoms with Crippen LogP contribution in [0.15, 0.2) is 18.2 Å². The zero-order valence-corrected chi connectivity index (χ0v) is 6.92. The van der Waals surface area contributed by atoms with Crippen molar-refractivity contribution >= 4 is 0 Å². The van der Waals surface area contributed by atoms with Crippen molar-refractivity contribution in [2.24, 2.45) is 5.73 Å². The van der Waals surface area contributed by atoms with Gasteiger partial charge in [0.1, 0.15) is 5.82 Å². The first kappa shape index (κ1) is 9.16. The molecule has 0 saturated heterocycles. The lowest BCUT2D eigenvalue weighted by Gasteiger charge is -2.10. The lowest BCUT2D eigenvalue weighted by atomic mass is 10.0. The van der Waals surface area contributed by atoms with E-state index in [0.29, 0.717) is 11.1 Å². The third-order valence-corrected chi connectivity index (χ3v) is 1.82. The molecule has 0 aliphatic heterocycles. The number of nitrogens with two attached hydrogens (primary N) is 1. The summed E-state index contributed by atoms with van der Waals surface area (Å²) in [5, 5.41) is 8.71. The van der Waals surface area contributed by atoms with E-state index in [1.807, 2.05) is 0 Å². The predicted octanol–water partition coefficient (Wildman–Crippen LogP) is 1.13. The molecule has 0 aromatic heterocycles. The van der Waals surface area contributed by atoms with Gasteiger partial charge in [-0.3, -0.25) is 0 Å². The molecule has 0 saturated carbocycles. The van der Waals surface area contributed by atoms with E-state index in [1.54, 1.807) is 25.1 Å². The molecule has 1 aromatic rings. The molecular weight excluding hydrogens is 157 g/mol. The Bertz CT molecular complexity index is 275. The van der Waals surface area contributed by atoms with Crippen molar-refractivity contribution in [2.45, 2.75) is 13.0 Å². The van der Waals surface area contributed by atoms with Crippen LogP contribution >= 0.6 is 0 Å². The third-order valence-electron chi connectivity index (χ3n) is 1.82. The van der Waals surface area contributed by atoms with Gasteiger partial charge in [0.25, 0.3) is 0 Å². The lowest BCUT2D eigenvalue weighted by Crippen LogP contribution is -2.16. The van der Waals surface area contributed by atoms with Crippen LogP contribution in [0.5, 0.6) is 0 Å². The Balaban J connectivity index is 3.07. The first-order chi connectivity index (χ1) is 5.66. The smallest absolute Gasteiger partial charge is 0.130 e. The van der Waals surface area contributed by atoms with Gasteiger partial charge in [0, 0.05) is 5.56 Å². The summed E-state index contributed by atoms with van der Waals surface area (Å²) in [6.07, 6.45) is 0. The maximum absolute atomic E-state index is 13.2. The summed E-state index contributed by atoms with van der Waals surface area (Å²) in [7, 11) is 0. The number of halogens is 1. The van der Waals surface area contributed by atoms with Gasteiger partial charge in [-0.05, 0) is 12.5 Å². The van der Waals surface area contributed by atoms with Crippen LogP contribution in [0.4, 0.5) is 4.39 Å². The highest BCUT2D eigenvalue weighted by atomic mass is 19.1. The highest BCUT2D eigenvalue weighted by Gasteiger charge is 2.10. The largest absolute Gasteiger partial charge is 0.394 e. The Morgan fingerprint density at radius 3 is 2.83 bits per heavy atom. The van der Waals surface area contributed by atoms with Crippen molar-refractivity contribution in [2.75, 3.05) is 6.61 Å². The van der Waals surface area contributed by atoms with Crippen molar-refractivity contribution in [3.8, 4) is 0 Å². The summed E-state index contributed by atoms with van der Waals surface area (Å²) in [5.74, 6) is -0.320. The predicted molar refractivity (Wildman–Crippen MR) is 45.2 cm³/mol. The Kier molecular flexibility index (Phi) is 2.78. The molecule has 0 bridgehead atoms. The number of aryl methyl sites for hydroxylation is 1. The third kappa shape index (κ3) is 1.62. The van der Waals surface area contributed by atoms with E-state index in [2.05, 4.69) is 0 Å². The maximum atomic E-state index is 13.2. The van der Waals surface area contributed by atoms with Crippen LogP contribution in [0.1, 0.15) is 17.2 Å². The lowest BCUT2D eigenvalue weighted by molar-refractivity contribution is 0.265. The highest BCUT2D eigenvalue weighted by molar-refractivity contribution is 5.27. The van der Waals surface area contributed by atoms with Crippen LogP contribution in [-0.2, 0) is 0 Å². The molecule has 0 fully saturated rings. The second-order valence-corrected chi connectivity index (χ2v) is 2.77. The first-order valence-corrected chi connectivity index (χ1v) is 3.78. The minimum absolute atomic E-state index is 0.236. The van der Waals surface area contributed by atoms with Gasteiger partial charge >= 0.3 is 0 Å². The van der Waals surface area contributed by atoms with Gasteiger partial charge in [-0.25, -0.2) is 4.39 Å². The summed E-state index contributed by atoms with van der Waals surface area (Å²) in [6.45, 7) is 1.43. The second-order valence-electron chi connectivity index (χ2n) is 2.77. The first-order valence-electron chi connectivity index (χ1n) is 3.78. The van der Waals surface area contributed by atoms with Crippen molar-refractivity contribution in [3.63, 3.8) is 0 Å². The molecule has 1 aromatic carbocycles. The van der Waals surface area contributed by atoms with Gasteiger partial charge < -0.3 is 10.8 Å². The fourth-order valence-corrected chi connectivity index (χ4v) is 1.05. The Labute approximate surface area is 70.8 Å². The van der Waals surface area contributed by atoms with E-state index in [-0.39, 0.29) is 12.4 Å². The number of hydrogen-bond acceptors (Lipinski definition) is 2. The summed E-state index contributed by atoms with van der Waals surface area (Å²) in [5.41, 5.74) is 6.40. The Morgan fingerprint density at radius 1 is 1.58 bits per heavy atom. The average molecular weight is 169 g/mol. The molecule has 0 unspecified atom stereocenters. The van der Waals surface area contributed by atoms with Crippen molar-refractivity contribution in [3.05, 3.63) is 35.1 Å². The molecule has 1 atom stereocenters. The van der Waals surface area contributed by atoms with Gasteiger partial charge in [-0.1, -0.05) is 18.2 Å². The molecule has 0 heterocycles. The van der Waals surface area contributed by atoms with Crippen molar-refractivity contribution in [1.82, 2.24) is 0 Å². The standard InChI is InChI=1S/C9H12FNO/c1-6-3-2-4-7(9(6)10)8(11)5-12/h2-4,8,12H,5,11H2,1H3/t8-/m1/s1. The Morgan fingerprint density at radius 2 is 2.25 bits per heavy atom. The van der Waals surface area contributed by atoms with Gasteiger partial charge in [-0.2, -0.15) is 0 Å². The fourth-order valence-electron chi connectivity index (χ4n) is 1.05. The van der Waals surface area contributed by atoms with E-state index in [4.69, 9.17) is 10.8 Å². The zero-order chi connectivity index (χ0) is 9.14. The van der Waals surface area contributed by atoms with Crippen LogP contribution < -0.4 is 5.73 Å². The number of hydrogen-bond donors (Lipinski definition) is 2. The maximum Gasteiger partial charge on any atom is 0.130 e. The second kappa shape index (κ2) is 3.65. The average Bonchev–Trinajstić information content (AvgIpc) is 2.08. The van der Waals surface area contributed by atoms with Crippen LogP contribution in [0, 0.1) is 12.7 Å². The van der Waals surface area contributed by atoms with E-state index in [1.165, 1.54) is 0 Å². The summed E-state index contributed by atoms with van der Waals surface area (Å²) >= 11 is 0. The molecule has 0 amide bonds. The number of benzene rings is 1. The molecule has 3 N–H and O–H groups in total. The minimum atomic E-state index is -0.620. The van der Waals surface area contributed by atoms with Crippen LogP contribution in [0.25, 0.3) is 0 Å². The fraction of sp³-hybridized carbons (Fsp3) is 0.333. The number of aliphatic hydroxyl groups is 1. The van der Waals surface area contributed by atoms with Crippen LogP contribution in [-0.4, -0.2) is 11.7 Å². The summed E-state index contributed by atoms with van der Waals surface area (Å²) < 4.78 is 13.2. The molecule has 3 heteroatoms. The van der Waals surface area contributed by atoms with E-state index in [9.17, 15) is 4.39 Å². The monoisotopic (exact) mass is 169 g/mol. The normalized spacial score (nSPS) is 13.0. The van der Waals surface area contributed by atoms with Gasteiger partial charge in [-0.15, -0.1) is 0 Å². The molecular formula is C9H12FNO. The van der Waals surface area contributed by atoms with Crippen LogP contribution in [0.2, 0.25) is 0 Å². The summed E-state index contributed by atoms with van der Waals surface area (Å²) in [4.78, 5) is 0. The van der Waals surface area contributed by atoms with Gasteiger partial charge in [0.15, 0.2) is 0 Å². The number of aliphatic hydroxyl groups excluding tert-OH is 1.